The highest BCUT2D eigenvalue weighted by molar-refractivity contribution is 6.62. The van der Waals surface area contributed by atoms with E-state index in [2.05, 4.69) is 9.98 Å². The Morgan fingerprint density at radius 3 is 2.80 bits per heavy atom. The zero-order valence-electron chi connectivity index (χ0n) is 5.50. The molecule has 1 aliphatic rings. The number of carbonyl (C=O) groups is 2. The molecule has 0 unspecified atom stereocenters. The van der Waals surface area contributed by atoms with Crippen molar-refractivity contribution in [1.82, 2.24) is 0 Å². The molecule has 4 nitrogen and oxygen atoms in total. The van der Waals surface area contributed by atoms with E-state index in [0.717, 1.165) is 0 Å². The van der Waals surface area contributed by atoms with E-state index >= 15 is 0 Å². The van der Waals surface area contributed by atoms with Gasteiger partial charge in [0.1, 0.15) is 12.3 Å². The molecule has 4 heteroatoms. The van der Waals surface area contributed by atoms with E-state index in [0.29, 0.717) is 12.0 Å². The third-order valence-electron chi connectivity index (χ3n) is 1.16. The summed E-state index contributed by atoms with van der Waals surface area (Å²) in [5.41, 5.74) is 0.686. The van der Waals surface area contributed by atoms with Crippen LogP contribution in [0.4, 0.5) is 0 Å². The van der Waals surface area contributed by atoms with Gasteiger partial charge >= 0.3 is 0 Å². The first-order valence-corrected chi connectivity index (χ1v) is 2.82. The fourth-order valence-electron chi connectivity index (χ4n) is 0.669. The molecule has 0 fully saturated rings. The second-order valence-corrected chi connectivity index (χ2v) is 1.91. The van der Waals surface area contributed by atoms with Crippen LogP contribution in [0.2, 0.25) is 0 Å². The molecular formula is C6H6N2O2. The molecule has 52 valence electrons. The van der Waals surface area contributed by atoms with Crippen molar-refractivity contribution in [2.24, 2.45) is 9.98 Å². The van der Waals surface area contributed by atoms with Gasteiger partial charge in [0.2, 0.25) is 0 Å². The maximum Gasteiger partial charge on any atom is 0.267 e. The normalized spacial score (nSPS) is 17.9. The van der Waals surface area contributed by atoms with Gasteiger partial charge in [0.25, 0.3) is 5.91 Å². The van der Waals surface area contributed by atoms with Crippen molar-refractivity contribution in [3.8, 4) is 0 Å². The number of nitrogens with zero attached hydrogens (tertiary/aromatic N) is 2. The Hall–Kier alpha value is -1.32. The summed E-state index contributed by atoms with van der Waals surface area (Å²) in [5.74, 6) is -0.289. The molecule has 0 saturated heterocycles. The highest BCUT2D eigenvalue weighted by Gasteiger charge is 2.10. The quantitative estimate of drug-likeness (QED) is 0.464. The first kappa shape index (κ1) is 6.80. The molecule has 0 N–H and O–H groups in total. The van der Waals surface area contributed by atoms with Crippen molar-refractivity contribution in [3.63, 3.8) is 0 Å². The molecule has 0 bridgehead atoms. The molecular weight excluding hydrogens is 132 g/mol. The standard InChI is InChI=1S/C6H6N2O2/c1-4-5(3-9)7-2-6(10)8-4/h3H,2H2,1H3. The van der Waals surface area contributed by atoms with Crippen LogP contribution in [0.15, 0.2) is 9.98 Å². The first-order chi connectivity index (χ1) is 4.74. The Labute approximate surface area is 57.7 Å². The van der Waals surface area contributed by atoms with Crippen molar-refractivity contribution in [2.45, 2.75) is 6.92 Å². The summed E-state index contributed by atoms with van der Waals surface area (Å²) >= 11 is 0. The van der Waals surface area contributed by atoms with Crippen LogP contribution in [0.3, 0.4) is 0 Å². The lowest BCUT2D eigenvalue weighted by Crippen LogP contribution is -2.21. The van der Waals surface area contributed by atoms with Crippen LogP contribution in [0, 0.1) is 0 Å². The molecule has 0 spiro atoms. The van der Waals surface area contributed by atoms with E-state index in [9.17, 15) is 9.59 Å². The minimum atomic E-state index is -0.289. The number of aldehydes is 1. The van der Waals surface area contributed by atoms with E-state index in [1.807, 2.05) is 0 Å². The van der Waals surface area contributed by atoms with Crippen LogP contribution in [0.25, 0.3) is 0 Å². The largest absolute Gasteiger partial charge is 0.296 e. The molecule has 0 aliphatic carbocycles. The fraction of sp³-hybridized carbons (Fsp3) is 0.333. The minimum absolute atomic E-state index is 0.00537. The maximum absolute atomic E-state index is 10.5. The second kappa shape index (κ2) is 2.51. The summed E-state index contributed by atoms with van der Waals surface area (Å²) in [6.45, 7) is 1.59. The molecule has 0 atom stereocenters. The third kappa shape index (κ3) is 1.15. The van der Waals surface area contributed by atoms with Crippen molar-refractivity contribution < 1.29 is 9.59 Å². The molecule has 1 rings (SSSR count). The molecule has 0 aromatic heterocycles. The van der Waals surface area contributed by atoms with Crippen LogP contribution in [0.1, 0.15) is 6.92 Å². The van der Waals surface area contributed by atoms with Gasteiger partial charge in [0.05, 0.1) is 5.71 Å². The highest BCUT2D eigenvalue weighted by Crippen LogP contribution is 1.92. The Balaban J connectivity index is 2.91. The van der Waals surface area contributed by atoms with Gasteiger partial charge in [-0.3, -0.25) is 14.6 Å². The van der Waals surface area contributed by atoms with E-state index < -0.39 is 0 Å². The lowest BCUT2D eigenvalue weighted by atomic mass is 10.2. The van der Waals surface area contributed by atoms with Gasteiger partial charge in [-0.25, -0.2) is 4.99 Å². The minimum Gasteiger partial charge on any atom is -0.296 e. The van der Waals surface area contributed by atoms with Gasteiger partial charge in [0.15, 0.2) is 6.29 Å². The number of aliphatic imine (C=N–C) groups is 2. The van der Waals surface area contributed by atoms with E-state index in [4.69, 9.17) is 0 Å². The van der Waals surface area contributed by atoms with E-state index in [1.54, 1.807) is 6.92 Å². The van der Waals surface area contributed by atoms with Gasteiger partial charge in [-0.1, -0.05) is 0 Å². The zero-order valence-corrected chi connectivity index (χ0v) is 5.50. The number of carbonyl (C=O) groups excluding carboxylic acids is 2. The Kier molecular flexibility index (Phi) is 1.71. The summed E-state index contributed by atoms with van der Waals surface area (Å²) in [4.78, 5) is 27.9. The summed E-state index contributed by atoms with van der Waals surface area (Å²) < 4.78 is 0. The van der Waals surface area contributed by atoms with Crippen molar-refractivity contribution in [2.75, 3.05) is 6.54 Å². The van der Waals surface area contributed by atoms with Crippen LogP contribution in [-0.2, 0) is 9.59 Å². The lowest BCUT2D eigenvalue weighted by Gasteiger charge is -2.02. The molecule has 0 aromatic carbocycles. The number of rotatable bonds is 1. The van der Waals surface area contributed by atoms with Crippen LogP contribution in [-0.4, -0.2) is 30.2 Å². The summed E-state index contributed by atoms with van der Waals surface area (Å²) in [6, 6.07) is 0. The Morgan fingerprint density at radius 1 is 1.60 bits per heavy atom. The maximum atomic E-state index is 10.5. The molecule has 1 aliphatic heterocycles. The lowest BCUT2D eigenvalue weighted by molar-refractivity contribution is -0.116. The molecule has 0 saturated carbocycles. The summed E-state index contributed by atoms with van der Waals surface area (Å²) in [7, 11) is 0. The zero-order chi connectivity index (χ0) is 7.56. The predicted molar refractivity (Wildman–Crippen MR) is 36.5 cm³/mol. The van der Waals surface area contributed by atoms with Crippen LogP contribution < -0.4 is 0 Å². The Bertz CT molecular complexity index is 240. The molecule has 0 aromatic rings. The second-order valence-electron chi connectivity index (χ2n) is 1.91. The Morgan fingerprint density at radius 2 is 2.30 bits per heavy atom. The monoisotopic (exact) mass is 138 g/mol. The van der Waals surface area contributed by atoms with Crippen molar-refractivity contribution in [1.29, 1.82) is 0 Å². The highest BCUT2D eigenvalue weighted by atomic mass is 16.1. The molecule has 1 amide bonds. The smallest absolute Gasteiger partial charge is 0.267 e. The van der Waals surface area contributed by atoms with Gasteiger partial charge in [-0.15, -0.1) is 0 Å². The summed E-state index contributed by atoms with van der Waals surface area (Å²) in [6.07, 6.45) is 0.602. The number of amides is 1. The SMILES string of the molecule is CC1=NC(=O)CN=C1C=O. The van der Waals surface area contributed by atoms with Gasteiger partial charge < -0.3 is 0 Å². The van der Waals surface area contributed by atoms with E-state index in [-0.39, 0.29) is 18.2 Å². The first-order valence-electron chi connectivity index (χ1n) is 2.82. The third-order valence-corrected chi connectivity index (χ3v) is 1.16. The molecule has 10 heavy (non-hydrogen) atoms. The number of hydrogen-bond donors (Lipinski definition) is 0. The fourth-order valence-corrected chi connectivity index (χ4v) is 0.669. The molecule has 0 radical (unpaired) electrons. The van der Waals surface area contributed by atoms with Crippen molar-refractivity contribution in [3.05, 3.63) is 0 Å². The number of hydrogen-bond acceptors (Lipinski definition) is 3. The average molecular weight is 138 g/mol. The van der Waals surface area contributed by atoms with Gasteiger partial charge in [0, 0.05) is 0 Å². The van der Waals surface area contributed by atoms with Crippen LogP contribution in [0.5, 0.6) is 0 Å². The molecule has 1 heterocycles. The average Bonchev–Trinajstić information content (AvgIpc) is 1.88. The van der Waals surface area contributed by atoms with Crippen molar-refractivity contribution >= 4 is 23.6 Å². The van der Waals surface area contributed by atoms with Crippen LogP contribution >= 0.6 is 0 Å². The van der Waals surface area contributed by atoms with Gasteiger partial charge in [-0.05, 0) is 6.92 Å². The van der Waals surface area contributed by atoms with Gasteiger partial charge in [-0.2, -0.15) is 0 Å². The topological polar surface area (TPSA) is 58.9 Å². The predicted octanol–water partition coefficient (Wildman–Crippen LogP) is -0.373. The summed E-state index contributed by atoms with van der Waals surface area (Å²) in [5, 5.41) is 0. The van der Waals surface area contributed by atoms with E-state index in [1.165, 1.54) is 0 Å².